The molecule has 0 atom stereocenters. The molecule has 0 saturated heterocycles. The van der Waals surface area contributed by atoms with Gasteiger partial charge in [0.25, 0.3) is 11.8 Å². The number of halogens is 2. The number of hydrogen-bond donors (Lipinski definition) is 0. The largest absolute Gasteiger partial charge is 0.472 e. The van der Waals surface area contributed by atoms with Crippen molar-refractivity contribution in [3.05, 3.63) is 112 Å². The number of nitrogens with zero attached hydrogens (tertiary/aromatic N) is 6. The monoisotopic (exact) mass is 694 g/mol. The Hall–Kier alpha value is -5.27. The Labute approximate surface area is 286 Å². The average Bonchev–Trinajstić information content (AvgIpc) is 3.62. The molecule has 0 fully saturated rings. The van der Waals surface area contributed by atoms with Crippen LogP contribution in [-0.4, -0.2) is 73.6 Å². The van der Waals surface area contributed by atoms with Crippen molar-refractivity contribution in [3.63, 3.8) is 0 Å². The van der Waals surface area contributed by atoms with Crippen LogP contribution in [0.2, 0.25) is 5.02 Å². The van der Waals surface area contributed by atoms with Crippen LogP contribution in [0.1, 0.15) is 22.3 Å². The molecule has 0 unspecified atom stereocenters. The maximum Gasteiger partial charge on any atom is 0.280 e. The SMILES string of the molecule is CO/N=C(/C1=NOCCO1)c1ccccc1CCl.CO/N=C(/C1=NOCCO1)c1ccccc1COc1ccn(-c2ccc(Cl)cc2)n1. The van der Waals surface area contributed by atoms with Gasteiger partial charge >= 0.3 is 0 Å². The Morgan fingerprint density at radius 3 is 1.85 bits per heavy atom. The Morgan fingerprint density at radius 1 is 0.750 bits per heavy atom. The molecule has 250 valence electrons. The van der Waals surface area contributed by atoms with Gasteiger partial charge in [0.05, 0.1) is 5.69 Å². The minimum absolute atomic E-state index is 0.266. The molecule has 0 N–H and O–H groups in total. The topological polar surface area (TPSA) is 132 Å². The molecular weight excluding hydrogens is 663 g/mol. The maximum atomic E-state index is 5.94. The molecule has 1 aromatic heterocycles. The van der Waals surface area contributed by atoms with Gasteiger partial charge in [-0.15, -0.1) is 16.7 Å². The lowest BCUT2D eigenvalue weighted by Crippen LogP contribution is -2.26. The molecule has 2 aliphatic heterocycles. The zero-order valence-electron chi connectivity index (χ0n) is 26.1. The normalized spacial score (nSPS) is 14.4. The number of ether oxygens (including phenoxy) is 3. The second kappa shape index (κ2) is 17.6. The van der Waals surface area contributed by atoms with E-state index >= 15 is 0 Å². The van der Waals surface area contributed by atoms with Crippen molar-refractivity contribution in [3.8, 4) is 11.6 Å². The van der Waals surface area contributed by atoms with Crippen LogP contribution in [0.3, 0.4) is 0 Å². The second-order valence-corrected chi connectivity index (χ2v) is 10.4. The van der Waals surface area contributed by atoms with Crippen LogP contribution in [0.15, 0.2) is 106 Å². The highest BCUT2D eigenvalue weighted by atomic mass is 35.5. The van der Waals surface area contributed by atoms with Crippen molar-refractivity contribution in [2.24, 2.45) is 20.6 Å². The molecular formula is C33H32Cl2N6O7. The molecule has 0 amide bonds. The highest BCUT2D eigenvalue weighted by Crippen LogP contribution is 2.19. The lowest BCUT2D eigenvalue weighted by atomic mass is 10.0. The lowest BCUT2D eigenvalue weighted by Gasteiger charge is -2.16. The van der Waals surface area contributed by atoms with Gasteiger partial charge in [-0.05, 0) is 45.7 Å². The molecule has 15 heteroatoms. The van der Waals surface area contributed by atoms with Gasteiger partial charge in [-0.1, -0.05) is 70.4 Å². The van der Waals surface area contributed by atoms with Gasteiger partial charge < -0.3 is 33.6 Å². The number of hydrogen-bond acceptors (Lipinski definition) is 12. The first kappa shape index (κ1) is 34.1. The molecule has 6 rings (SSSR count). The molecule has 0 aliphatic carbocycles. The van der Waals surface area contributed by atoms with Gasteiger partial charge in [-0.2, -0.15) is 0 Å². The minimum Gasteiger partial charge on any atom is -0.472 e. The van der Waals surface area contributed by atoms with Crippen molar-refractivity contribution in [2.75, 3.05) is 40.6 Å². The second-order valence-electron chi connectivity index (χ2n) is 9.71. The summed E-state index contributed by atoms with van der Waals surface area (Å²) < 4.78 is 18.6. The number of oxime groups is 4. The van der Waals surface area contributed by atoms with Crippen LogP contribution in [0, 0.1) is 0 Å². The number of alkyl halides is 1. The van der Waals surface area contributed by atoms with E-state index in [1.54, 1.807) is 10.7 Å². The minimum atomic E-state index is 0.266. The van der Waals surface area contributed by atoms with Crippen molar-refractivity contribution in [2.45, 2.75) is 12.5 Å². The summed E-state index contributed by atoms with van der Waals surface area (Å²) in [5, 5.41) is 20.9. The van der Waals surface area contributed by atoms with E-state index in [0.29, 0.717) is 60.5 Å². The van der Waals surface area contributed by atoms with Crippen LogP contribution in [0.25, 0.3) is 5.69 Å². The summed E-state index contributed by atoms with van der Waals surface area (Å²) in [7, 11) is 2.93. The van der Waals surface area contributed by atoms with E-state index in [1.165, 1.54) is 14.2 Å². The van der Waals surface area contributed by atoms with Crippen LogP contribution < -0.4 is 4.74 Å². The van der Waals surface area contributed by atoms with Gasteiger partial charge in [-0.25, -0.2) is 4.68 Å². The van der Waals surface area contributed by atoms with Crippen molar-refractivity contribution >= 4 is 46.4 Å². The lowest BCUT2D eigenvalue weighted by molar-refractivity contribution is 0.0672. The summed E-state index contributed by atoms with van der Waals surface area (Å²) >= 11 is 11.9. The van der Waals surface area contributed by atoms with Gasteiger partial charge in [0.1, 0.15) is 34.0 Å². The van der Waals surface area contributed by atoms with Crippen LogP contribution >= 0.6 is 23.2 Å². The third-order valence-electron chi connectivity index (χ3n) is 6.61. The molecule has 2 aliphatic rings. The van der Waals surface area contributed by atoms with Crippen LogP contribution in [0.5, 0.6) is 5.88 Å². The molecule has 48 heavy (non-hydrogen) atoms. The molecule has 13 nitrogen and oxygen atoms in total. The molecule has 4 aromatic rings. The molecule has 0 bridgehead atoms. The predicted octanol–water partition coefficient (Wildman–Crippen LogP) is 5.95. The molecule has 0 spiro atoms. The number of benzene rings is 3. The number of aromatic nitrogens is 2. The first-order valence-corrected chi connectivity index (χ1v) is 15.6. The maximum absolute atomic E-state index is 5.94. The fraction of sp³-hybridized carbons (Fsp3) is 0.242. The number of rotatable bonds is 11. The summed E-state index contributed by atoms with van der Waals surface area (Å²) in [5.74, 6) is 1.43. The van der Waals surface area contributed by atoms with Gasteiger partial charge in [0.2, 0.25) is 5.88 Å². The highest BCUT2D eigenvalue weighted by molar-refractivity contribution is 6.46. The van der Waals surface area contributed by atoms with E-state index in [0.717, 1.165) is 27.9 Å². The van der Waals surface area contributed by atoms with Gasteiger partial charge in [-0.3, -0.25) is 0 Å². The van der Waals surface area contributed by atoms with E-state index in [2.05, 4.69) is 25.7 Å². The van der Waals surface area contributed by atoms with E-state index in [-0.39, 0.29) is 12.5 Å². The Balaban J connectivity index is 0.000000214. The summed E-state index contributed by atoms with van der Waals surface area (Å²) in [6.07, 6.45) is 1.82. The third kappa shape index (κ3) is 8.96. The Kier molecular flexibility index (Phi) is 12.5. The first-order chi connectivity index (χ1) is 23.6. The zero-order valence-corrected chi connectivity index (χ0v) is 27.6. The van der Waals surface area contributed by atoms with Crippen LogP contribution in [-0.2, 0) is 41.3 Å². The van der Waals surface area contributed by atoms with E-state index in [1.807, 2.05) is 79.0 Å². The van der Waals surface area contributed by atoms with Crippen molar-refractivity contribution in [1.29, 1.82) is 0 Å². The summed E-state index contributed by atoms with van der Waals surface area (Å²) in [6.45, 7) is 1.92. The standard InChI is InChI=1S/C21H19ClN4O4.C12H13ClN2O3/c1-27-24-20(21-25-30-13-12-28-21)18-5-3-2-4-15(18)14-29-19-10-11-26(23-19)17-8-6-16(22)7-9-17;1-16-14-11(12-15-18-7-6-17-12)10-5-3-2-4-9(10)8-13/h2-11H,12-14H2,1H3;2-5H,6-8H2,1H3/b24-20+;14-11+. The molecule has 3 heterocycles. The fourth-order valence-corrected chi connectivity index (χ4v) is 4.80. The van der Waals surface area contributed by atoms with Crippen LogP contribution in [0.4, 0.5) is 0 Å². The predicted molar refractivity (Wildman–Crippen MR) is 181 cm³/mol. The third-order valence-corrected chi connectivity index (χ3v) is 7.15. The van der Waals surface area contributed by atoms with E-state index in [9.17, 15) is 0 Å². The smallest absolute Gasteiger partial charge is 0.280 e. The first-order valence-electron chi connectivity index (χ1n) is 14.7. The van der Waals surface area contributed by atoms with Gasteiger partial charge in [0.15, 0.2) is 24.6 Å². The van der Waals surface area contributed by atoms with Crippen molar-refractivity contribution in [1.82, 2.24) is 9.78 Å². The average molecular weight is 696 g/mol. The Morgan fingerprint density at radius 2 is 1.31 bits per heavy atom. The highest BCUT2D eigenvalue weighted by Gasteiger charge is 2.22. The molecule has 0 radical (unpaired) electrons. The fourth-order valence-electron chi connectivity index (χ4n) is 4.44. The molecule has 0 saturated carbocycles. The zero-order chi connectivity index (χ0) is 33.6. The van der Waals surface area contributed by atoms with Crippen molar-refractivity contribution < 1.29 is 33.6 Å². The summed E-state index contributed by atoms with van der Waals surface area (Å²) in [5.41, 5.74) is 5.17. The molecule has 3 aromatic carbocycles. The quantitative estimate of drug-likeness (QED) is 0.107. The summed E-state index contributed by atoms with van der Waals surface area (Å²) in [6, 6.07) is 24.4. The Bertz CT molecular complexity index is 1780. The van der Waals surface area contributed by atoms with Gasteiger partial charge in [0, 0.05) is 34.3 Å². The van der Waals surface area contributed by atoms with E-state index < -0.39 is 0 Å². The van der Waals surface area contributed by atoms with E-state index in [4.69, 9.17) is 56.8 Å². The summed E-state index contributed by atoms with van der Waals surface area (Å²) in [4.78, 5) is 20.0.